The first-order chi connectivity index (χ1) is 8.17. The first kappa shape index (κ1) is 15.2. The van der Waals surface area contributed by atoms with Crippen molar-refractivity contribution in [2.45, 2.75) is 20.3 Å². The molecular formula is C13H19NO3. The number of rotatable bonds is 3. The van der Waals surface area contributed by atoms with Crippen LogP contribution in [-0.4, -0.2) is 26.0 Å². The Morgan fingerprint density at radius 1 is 1.18 bits per heavy atom. The predicted molar refractivity (Wildman–Crippen MR) is 66.9 cm³/mol. The Morgan fingerprint density at radius 3 is 2.12 bits per heavy atom. The molecule has 0 atom stereocenters. The van der Waals surface area contributed by atoms with Crippen LogP contribution in [0.25, 0.3) is 0 Å². The minimum Gasteiger partial charge on any atom is -0.469 e. The third-order valence-electron chi connectivity index (χ3n) is 2.02. The van der Waals surface area contributed by atoms with Crippen molar-refractivity contribution in [2.24, 2.45) is 0 Å². The van der Waals surface area contributed by atoms with Crippen LogP contribution in [-0.2, 0) is 16.0 Å². The van der Waals surface area contributed by atoms with E-state index in [0.29, 0.717) is 5.56 Å². The number of carbonyl (C=O) groups excluding carboxylic acids is 2. The van der Waals surface area contributed by atoms with Gasteiger partial charge >= 0.3 is 5.97 Å². The van der Waals surface area contributed by atoms with Crippen molar-refractivity contribution < 1.29 is 14.3 Å². The Morgan fingerprint density at radius 2 is 1.71 bits per heavy atom. The van der Waals surface area contributed by atoms with Crippen LogP contribution >= 0.6 is 0 Å². The van der Waals surface area contributed by atoms with Gasteiger partial charge in [0.1, 0.15) is 0 Å². The van der Waals surface area contributed by atoms with Crippen LogP contribution in [0.4, 0.5) is 0 Å². The van der Waals surface area contributed by atoms with Gasteiger partial charge in [-0.2, -0.15) is 0 Å². The zero-order valence-corrected chi connectivity index (χ0v) is 10.7. The Hall–Kier alpha value is -1.84. The maximum Gasteiger partial charge on any atom is 0.309 e. The summed E-state index contributed by atoms with van der Waals surface area (Å²) in [6.07, 6.45) is 0.227. The van der Waals surface area contributed by atoms with E-state index in [9.17, 15) is 9.59 Å². The van der Waals surface area contributed by atoms with E-state index >= 15 is 0 Å². The van der Waals surface area contributed by atoms with Crippen molar-refractivity contribution >= 4 is 11.9 Å². The van der Waals surface area contributed by atoms with E-state index in [1.54, 1.807) is 31.3 Å². The van der Waals surface area contributed by atoms with Gasteiger partial charge in [-0.05, 0) is 17.7 Å². The number of carbonyl (C=O) groups is 2. The normalized spacial score (nSPS) is 8.71. The van der Waals surface area contributed by atoms with Crippen molar-refractivity contribution in [3.05, 3.63) is 35.4 Å². The molecule has 0 bridgehead atoms. The van der Waals surface area contributed by atoms with E-state index in [0.717, 1.165) is 5.56 Å². The highest BCUT2D eigenvalue weighted by atomic mass is 16.5. The van der Waals surface area contributed by atoms with Crippen LogP contribution in [0.2, 0.25) is 0 Å². The van der Waals surface area contributed by atoms with Crippen molar-refractivity contribution in [2.75, 3.05) is 14.2 Å². The van der Waals surface area contributed by atoms with Gasteiger partial charge in [0.25, 0.3) is 5.91 Å². The first-order valence-electron chi connectivity index (χ1n) is 5.55. The summed E-state index contributed by atoms with van der Waals surface area (Å²) in [6.45, 7) is 4.00. The van der Waals surface area contributed by atoms with Crippen molar-refractivity contribution in [1.29, 1.82) is 0 Å². The summed E-state index contributed by atoms with van der Waals surface area (Å²) in [5, 5.41) is 2.52. The summed E-state index contributed by atoms with van der Waals surface area (Å²) in [5.41, 5.74) is 1.40. The number of amides is 1. The fraction of sp³-hybridized carbons (Fsp3) is 0.385. The van der Waals surface area contributed by atoms with Gasteiger partial charge in [-0.25, -0.2) is 0 Å². The van der Waals surface area contributed by atoms with Crippen LogP contribution in [0.3, 0.4) is 0 Å². The number of benzene rings is 1. The molecule has 0 aliphatic heterocycles. The molecule has 4 nitrogen and oxygen atoms in total. The number of methoxy groups -OCH3 is 1. The van der Waals surface area contributed by atoms with Gasteiger partial charge < -0.3 is 10.1 Å². The van der Waals surface area contributed by atoms with Gasteiger partial charge in [0.05, 0.1) is 13.5 Å². The highest BCUT2D eigenvalue weighted by molar-refractivity contribution is 5.94. The maximum atomic E-state index is 11.2. The lowest BCUT2D eigenvalue weighted by molar-refractivity contribution is -0.139. The topological polar surface area (TPSA) is 55.4 Å². The minimum absolute atomic E-state index is 0.139. The predicted octanol–water partition coefficient (Wildman–Crippen LogP) is 1.79. The van der Waals surface area contributed by atoms with E-state index in [-0.39, 0.29) is 18.3 Å². The molecule has 1 N–H and O–H groups in total. The van der Waals surface area contributed by atoms with Crippen molar-refractivity contribution in [3.8, 4) is 0 Å². The summed E-state index contributed by atoms with van der Waals surface area (Å²) in [5.74, 6) is -0.428. The number of esters is 1. The standard InChI is InChI=1S/C11H13NO3.C2H6/c1-12-11(14)9-5-3-8(4-6-9)7-10(13)15-2;1-2/h3-6H,7H2,1-2H3,(H,12,14);1-2H3. The number of hydrogen-bond donors (Lipinski definition) is 1. The van der Waals surface area contributed by atoms with Gasteiger partial charge in [0.2, 0.25) is 0 Å². The summed E-state index contributed by atoms with van der Waals surface area (Å²) in [7, 11) is 2.92. The molecular weight excluding hydrogens is 218 g/mol. The van der Waals surface area contributed by atoms with E-state index < -0.39 is 0 Å². The first-order valence-corrected chi connectivity index (χ1v) is 5.55. The van der Waals surface area contributed by atoms with Gasteiger partial charge in [-0.15, -0.1) is 0 Å². The Bertz CT molecular complexity index is 357. The Labute approximate surface area is 102 Å². The second kappa shape index (κ2) is 8.33. The molecule has 0 radical (unpaired) electrons. The van der Waals surface area contributed by atoms with Crippen LogP contribution < -0.4 is 5.32 Å². The molecule has 0 saturated heterocycles. The summed E-state index contributed by atoms with van der Waals surface area (Å²) < 4.78 is 4.53. The molecule has 0 aliphatic carbocycles. The second-order valence-corrected chi connectivity index (χ2v) is 3.03. The summed E-state index contributed by atoms with van der Waals surface area (Å²) >= 11 is 0. The van der Waals surface area contributed by atoms with Crippen LogP contribution in [0, 0.1) is 0 Å². The van der Waals surface area contributed by atoms with E-state index in [1.165, 1.54) is 7.11 Å². The molecule has 1 aromatic carbocycles. The number of hydrogen-bond acceptors (Lipinski definition) is 3. The summed E-state index contributed by atoms with van der Waals surface area (Å²) in [6, 6.07) is 6.83. The molecule has 1 aromatic rings. The van der Waals surface area contributed by atoms with Crippen LogP contribution in [0.1, 0.15) is 29.8 Å². The molecule has 1 rings (SSSR count). The number of ether oxygens (including phenoxy) is 1. The van der Waals surface area contributed by atoms with Gasteiger partial charge in [0, 0.05) is 12.6 Å². The summed E-state index contributed by atoms with van der Waals surface area (Å²) in [4.78, 5) is 22.2. The molecule has 0 fully saturated rings. The Balaban J connectivity index is 0.00000121. The molecule has 17 heavy (non-hydrogen) atoms. The number of nitrogens with one attached hydrogen (secondary N) is 1. The fourth-order valence-electron chi connectivity index (χ4n) is 1.16. The lowest BCUT2D eigenvalue weighted by atomic mass is 10.1. The third kappa shape index (κ3) is 5.15. The molecule has 1 amide bonds. The van der Waals surface area contributed by atoms with E-state index in [2.05, 4.69) is 10.1 Å². The molecule has 0 aliphatic rings. The highest BCUT2D eigenvalue weighted by Gasteiger charge is 2.05. The zero-order valence-electron chi connectivity index (χ0n) is 10.7. The zero-order chi connectivity index (χ0) is 13.3. The molecule has 4 heteroatoms. The highest BCUT2D eigenvalue weighted by Crippen LogP contribution is 2.05. The van der Waals surface area contributed by atoms with Gasteiger partial charge in [-0.3, -0.25) is 9.59 Å². The quantitative estimate of drug-likeness (QED) is 0.815. The minimum atomic E-state index is -0.289. The third-order valence-corrected chi connectivity index (χ3v) is 2.02. The van der Waals surface area contributed by atoms with Gasteiger partial charge in [-0.1, -0.05) is 26.0 Å². The Kier molecular flexibility index (Phi) is 7.43. The average Bonchev–Trinajstić information content (AvgIpc) is 2.40. The van der Waals surface area contributed by atoms with Gasteiger partial charge in [0.15, 0.2) is 0 Å². The maximum absolute atomic E-state index is 11.2. The lowest BCUT2D eigenvalue weighted by Gasteiger charge is -2.02. The largest absolute Gasteiger partial charge is 0.469 e. The SMILES string of the molecule is CC.CNC(=O)c1ccc(CC(=O)OC)cc1. The molecule has 0 unspecified atom stereocenters. The molecule has 0 spiro atoms. The lowest BCUT2D eigenvalue weighted by Crippen LogP contribution is -2.17. The second-order valence-electron chi connectivity index (χ2n) is 3.03. The van der Waals surface area contributed by atoms with E-state index in [4.69, 9.17) is 0 Å². The van der Waals surface area contributed by atoms with Crippen molar-refractivity contribution in [3.63, 3.8) is 0 Å². The van der Waals surface area contributed by atoms with E-state index in [1.807, 2.05) is 13.8 Å². The monoisotopic (exact) mass is 237 g/mol. The molecule has 0 aromatic heterocycles. The molecule has 94 valence electrons. The fourth-order valence-corrected chi connectivity index (χ4v) is 1.16. The average molecular weight is 237 g/mol. The molecule has 0 heterocycles. The van der Waals surface area contributed by atoms with Crippen LogP contribution in [0.15, 0.2) is 24.3 Å². The van der Waals surface area contributed by atoms with Crippen LogP contribution in [0.5, 0.6) is 0 Å². The smallest absolute Gasteiger partial charge is 0.309 e. The van der Waals surface area contributed by atoms with Crippen molar-refractivity contribution in [1.82, 2.24) is 5.32 Å². The molecule has 0 saturated carbocycles.